The Morgan fingerprint density at radius 3 is 2.41 bits per heavy atom. The van der Waals surface area contributed by atoms with E-state index in [1.807, 2.05) is 30.3 Å². The van der Waals surface area contributed by atoms with Crippen LogP contribution in [0.5, 0.6) is 0 Å². The summed E-state index contributed by atoms with van der Waals surface area (Å²) >= 11 is 0. The van der Waals surface area contributed by atoms with Gasteiger partial charge in [0.2, 0.25) is 5.56 Å². The van der Waals surface area contributed by atoms with Crippen molar-refractivity contribution in [3.05, 3.63) is 70.1 Å². The molecule has 0 atom stereocenters. The van der Waals surface area contributed by atoms with Crippen LogP contribution in [0.15, 0.2) is 53.5 Å². The Morgan fingerprint density at radius 2 is 1.82 bits per heavy atom. The average molecular weight is 300 g/mol. The largest absolute Gasteiger partial charge is 0.480 e. The standard InChI is InChI=1S/C16H16N2O4/c1-17-10-13(7-8-14(17)19)16(22)18(11-15(20)21)9-12-5-3-2-4-6-12/h2-8,10H,9,11H2,1H3,(H,20,21). The molecule has 22 heavy (non-hydrogen) atoms. The van der Waals surface area contributed by atoms with Crippen LogP contribution < -0.4 is 5.56 Å². The lowest BCUT2D eigenvalue weighted by Crippen LogP contribution is -2.35. The second-order valence-corrected chi connectivity index (χ2v) is 4.91. The van der Waals surface area contributed by atoms with Crippen molar-refractivity contribution in [1.29, 1.82) is 0 Å². The number of aromatic nitrogens is 1. The number of carbonyl (C=O) groups is 2. The van der Waals surface area contributed by atoms with Crippen LogP contribution >= 0.6 is 0 Å². The fraction of sp³-hybridized carbons (Fsp3) is 0.188. The zero-order valence-electron chi connectivity index (χ0n) is 12.1. The number of amides is 1. The fourth-order valence-corrected chi connectivity index (χ4v) is 2.07. The summed E-state index contributed by atoms with van der Waals surface area (Å²) in [5.74, 6) is -1.52. The molecule has 6 nitrogen and oxygen atoms in total. The van der Waals surface area contributed by atoms with Crippen LogP contribution in [0.3, 0.4) is 0 Å². The molecule has 0 bridgehead atoms. The lowest BCUT2D eigenvalue weighted by Gasteiger charge is -2.21. The van der Waals surface area contributed by atoms with Crippen LogP contribution in [-0.4, -0.2) is 33.0 Å². The van der Waals surface area contributed by atoms with Gasteiger partial charge in [0.05, 0.1) is 5.56 Å². The first-order valence-corrected chi connectivity index (χ1v) is 6.69. The molecule has 1 heterocycles. The van der Waals surface area contributed by atoms with Crippen LogP contribution in [0.25, 0.3) is 0 Å². The lowest BCUT2D eigenvalue weighted by atomic mass is 10.2. The summed E-state index contributed by atoms with van der Waals surface area (Å²) in [6, 6.07) is 11.8. The quantitative estimate of drug-likeness (QED) is 0.897. The normalized spacial score (nSPS) is 10.2. The van der Waals surface area contributed by atoms with E-state index in [-0.39, 0.29) is 17.7 Å². The van der Waals surface area contributed by atoms with Gasteiger partial charge in [-0.25, -0.2) is 0 Å². The molecule has 0 radical (unpaired) electrons. The molecule has 2 rings (SSSR count). The molecule has 0 saturated heterocycles. The first-order chi connectivity index (χ1) is 10.5. The summed E-state index contributed by atoms with van der Waals surface area (Å²) in [6.07, 6.45) is 1.41. The minimum Gasteiger partial charge on any atom is -0.480 e. The molecule has 0 aliphatic carbocycles. The van der Waals surface area contributed by atoms with E-state index >= 15 is 0 Å². The van der Waals surface area contributed by atoms with E-state index in [1.54, 1.807) is 0 Å². The molecular formula is C16H16N2O4. The van der Waals surface area contributed by atoms with Crippen molar-refractivity contribution in [3.8, 4) is 0 Å². The Bertz CT molecular complexity index is 737. The maximum absolute atomic E-state index is 12.5. The van der Waals surface area contributed by atoms with E-state index in [2.05, 4.69) is 0 Å². The Balaban J connectivity index is 2.27. The van der Waals surface area contributed by atoms with E-state index in [1.165, 1.54) is 34.8 Å². The van der Waals surface area contributed by atoms with E-state index in [0.717, 1.165) is 5.56 Å². The summed E-state index contributed by atoms with van der Waals surface area (Å²) < 4.78 is 1.29. The second kappa shape index (κ2) is 6.71. The first-order valence-electron chi connectivity index (χ1n) is 6.69. The number of pyridine rings is 1. The molecule has 1 aromatic heterocycles. The highest BCUT2D eigenvalue weighted by Gasteiger charge is 2.19. The van der Waals surface area contributed by atoms with E-state index in [0.29, 0.717) is 0 Å². The lowest BCUT2D eigenvalue weighted by molar-refractivity contribution is -0.137. The number of nitrogens with zero attached hydrogens (tertiary/aromatic N) is 2. The number of carboxylic acid groups (broad SMARTS) is 1. The first kappa shape index (κ1) is 15.5. The van der Waals surface area contributed by atoms with E-state index in [9.17, 15) is 14.4 Å². The van der Waals surface area contributed by atoms with Gasteiger partial charge in [0.15, 0.2) is 0 Å². The zero-order valence-corrected chi connectivity index (χ0v) is 12.1. The number of hydrogen-bond donors (Lipinski definition) is 1. The van der Waals surface area contributed by atoms with Gasteiger partial charge in [-0.05, 0) is 11.6 Å². The van der Waals surface area contributed by atoms with Crippen LogP contribution in [0, 0.1) is 0 Å². The van der Waals surface area contributed by atoms with Gasteiger partial charge in [0, 0.05) is 25.9 Å². The average Bonchev–Trinajstić information content (AvgIpc) is 2.49. The molecule has 1 amide bonds. The van der Waals surface area contributed by atoms with Crippen molar-refractivity contribution in [1.82, 2.24) is 9.47 Å². The topological polar surface area (TPSA) is 79.6 Å². The van der Waals surface area contributed by atoms with Crippen LogP contribution in [0.2, 0.25) is 0 Å². The molecule has 114 valence electrons. The van der Waals surface area contributed by atoms with E-state index in [4.69, 9.17) is 5.11 Å². The highest BCUT2D eigenvalue weighted by Crippen LogP contribution is 2.09. The summed E-state index contributed by atoms with van der Waals surface area (Å²) in [7, 11) is 1.54. The minimum atomic E-state index is -1.09. The zero-order chi connectivity index (χ0) is 16.1. The Morgan fingerprint density at radius 1 is 1.14 bits per heavy atom. The molecule has 6 heteroatoms. The van der Waals surface area contributed by atoms with Gasteiger partial charge in [-0.2, -0.15) is 0 Å². The van der Waals surface area contributed by atoms with Crippen molar-refractivity contribution in [2.45, 2.75) is 6.54 Å². The number of carboxylic acids is 1. The maximum Gasteiger partial charge on any atom is 0.323 e. The smallest absolute Gasteiger partial charge is 0.323 e. The molecule has 0 fully saturated rings. The summed E-state index contributed by atoms with van der Waals surface area (Å²) in [5, 5.41) is 9.01. The Labute approximate surface area is 127 Å². The van der Waals surface area contributed by atoms with Crippen molar-refractivity contribution >= 4 is 11.9 Å². The van der Waals surface area contributed by atoms with Gasteiger partial charge in [-0.15, -0.1) is 0 Å². The molecule has 2 aromatic rings. The van der Waals surface area contributed by atoms with Crippen LogP contribution in [0.1, 0.15) is 15.9 Å². The third kappa shape index (κ3) is 3.82. The SMILES string of the molecule is Cn1cc(C(=O)N(CC(=O)O)Cc2ccccc2)ccc1=O. The minimum absolute atomic E-state index is 0.189. The summed E-state index contributed by atoms with van der Waals surface area (Å²) in [4.78, 5) is 36.1. The highest BCUT2D eigenvalue weighted by molar-refractivity contribution is 5.95. The number of rotatable bonds is 5. The van der Waals surface area contributed by atoms with Gasteiger partial charge < -0.3 is 14.6 Å². The van der Waals surface area contributed by atoms with Crippen LogP contribution in [0.4, 0.5) is 0 Å². The molecule has 0 unspecified atom stereocenters. The van der Waals surface area contributed by atoms with Gasteiger partial charge in [0.25, 0.3) is 5.91 Å². The Hall–Kier alpha value is -2.89. The Kier molecular flexibility index (Phi) is 4.73. The molecule has 1 aromatic carbocycles. The van der Waals surface area contributed by atoms with E-state index < -0.39 is 18.4 Å². The highest BCUT2D eigenvalue weighted by atomic mass is 16.4. The third-order valence-electron chi connectivity index (χ3n) is 3.16. The molecular weight excluding hydrogens is 284 g/mol. The maximum atomic E-state index is 12.5. The molecule has 0 saturated carbocycles. The number of aryl methyl sites for hydroxylation is 1. The van der Waals surface area contributed by atoms with Crippen LogP contribution in [-0.2, 0) is 18.4 Å². The monoisotopic (exact) mass is 300 g/mol. The summed E-state index contributed by atoms with van der Waals surface area (Å²) in [6.45, 7) is -0.217. The number of carbonyl (C=O) groups excluding carboxylic acids is 1. The number of aliphatic carboxylic acids is 1. The second-order valence-electron chi connectivity index (χ2n) is 4.91. The van der Waals surface area contributed by atoms with Crippen molar-refractivity contribution in [3.63, 3.8) is 0 Å². The van der Waals surface area contributed by atoms with Gasteiger partial charge >= 0.3 is 5.97 Å². The third-order valence-corrected chi connectivity index (χ3v) is 3.16. The van der Waals surface area contributed by atoms with Crippen molar-refractivity contribution < 1.29 is 14.7 Å². The number of benzene rings is 1. The fourth-order valence-electron chi connectivity index (χ4n) is 2.07. The number of hydrogen-bond acceptors (Lipinski definition) is 3. The predicted octanol–water partition coefficient (Wildman–Crippen LogP) is 1.11. The predicted molar refractivity (Wildman–Crippen MR) is 80.5 cm³/mol. The van der Waals surface area contributed by atoms with Crippen molar-refractivity contribution in [2.75, 3.05) is 6.54 Å². The molecule has 0 aliphatic heterocycles. The van der Waals surface area contributed by atoms with Crippen molar-refractivity contribution in [2.24, 2.45) is 7.05 Å². The molecule has 0 aliphatic rings. The molecule has 0 spiro atoms. The summed E-state index contributed by atoms with van der Waals surface area (Å²) in [5.41, 5.74) is 0.880. The van der Waals surface area contributed by atoms with Gasteiger partial charge in [-0.1, -0.05) is 30.3 Å². The van der Waals surface area contributed by atoms with Gasteiger partial charge in [0.1, 0.15) is 6.54 Å². The van der Waals surface area contributed by atoms with Gasteiger partial charge in [-0.3, -0.25) is 14.4 Å². The molecule has 1 N–H and O–H groups in total.